The number of amides is 1. The van der Waals surface area contributed by atoms with Crippen LogP contribution in [0.4, 0.5) is 4.39 Å². The maximum atomic E-state index is 13.0. The summed E-state index contributed by atoms with van der Waals surface area (Å²) in [5.41, 5.74) is 4.00. The van der Waals surface area contributed by atoms with Gasteiger partial charge in [0.2, 0.25) is 12.7 Å². The van der Waals surface area contributed by atoms with Crippen LogP contribution >= 0.6 is 0 Å². The summed E-state index contributed by atoms with van der Waals surface area (Å²) in [5.74, 6) is 1.79. The lowest BCUT2D eigenvalue weighted by Crippen LogP contribution is -2.19. The lowest BCUT2D eigenvalue weighted by atomic mass is 10.1. The van der Waals surface area contributed by atoms with Gasteiger partial charge in [-0.1, -0.05) is 6.07 Å². The molecule has 136 valence electrons. The summed E-state index contributed by atoms with van der Waals surface area (Å²) in [6.07, 6.45) is 1.57. The van der Waals surface area contributed by atoms with Crippen LogP contribution in [0.2, 0.25) is 0 Å². The Balaban J connectivity index is 1.34. The number of halogens is 1. The number of nitrogens with zero attached hydrogens (tertiary/aromatic N) is 1. The van der Waals surface area contributed by atoms with E-state index in [0.29, 0.717) is 23.0 Å². The van der Waals surface area contributed by atoms with Crippen molar-refractivity contribution in [1.29, 1.82) is 0 Å². The Kier molecular flexibility index (Phi) is 4.57. The van der Waals surface area contributed by atoms with E-state index < -0.39 is 0 Å². The fourth-order valence-electron chi connectivity index (χ4n) is 2.64. The molecule has 1 amide bonds. The van der Waals surface area contributed by atoms with Crippen molar-refractivity contribution in [3.8, 4) is 22.8 Å². The minimum absolute atomic E-state index is 0.160. The second-order valence-corrected chi connectivity index (χ2v) is 5.87. The zero-order valence-corrected chi connectivity index (χ0v) is 14.1. The third-order valence-electron chi connectivity index (χ3n) is 3.94. The lowest BCUT2D eigenvalue weighted by Gasteiger charge is -2.02. The minimum Gasteiger partial charge on any atom is -0.455 e. The van der Waals surface area contributed by atoms with Crippen molar-refractivity contribution in [3.63, 3.8) is 0 Å². The zero-order chi connectivity index (χ0) is 18.6. The highest BCUT2D eigenvalue weighted by Gasteiger charge is 2.14. The molecule has 0 spiro atoms. The topological polar surface area (TPSA) is 73.1 Å². The summed E-state index contributed by atoms with van der Waals surface area (Å²) < 4.78 is 29.1. The predicted molar refractivity (Wildman–Crippen MR) is 96.1 cm³/mol. The second kappa shape index (κ2) is 7.33. The van der Waals surface area contributed by atoms with Crippen LogP contribution in [0.25, 0.3) is 11.3 Å². The highest BCUT2D eigenvalue weighted by atomic mass is 19.1. The first-order valence-corrected chi connectivity index (χ1v) is 8.23. The van der Waals surface area contributed by atoms with E-state index in [4.69, 9.17) is 13.9 Å². The molecule has 0 unspecified atom stereocenters. The molecule has 3 aromatic rings. The van der Waals surface area contributed by atoms with Crippen LogP contribution in [0.5, 0.6) is 11.5 Å². The van der Waals surface area contributed by atoms with E-state index >= 15 is 0 Å². The number of hydrogen-bond donors (Lipinski definition) is 1. The molecule has 0 radical (unpaired) electrons. The maximum Gasteiger partial charge on any atom is 0.244 e. The highest BCUT2D eigenvalue weighted by molar-refractivity contribution is 5.82. The number of hydrogen-bond acceptors (Lipinski definition) is 5. The van der Waals surface area contributed by atoms with Gasteiger partial charge < -0.3 is 13.9 Å². The predicted octanol–water partition coefficient (Wildman–Crippen LogP) is 3.51. The van der Waals surface area contributed by atoms with Crippen LogP contribution in [0.15, 0.2) is 64.1 Å². The average Bonchev–Trinajstić information content (AvgIpc) is 3.31. The van der Waals surface area contributed by atoms with Gasteiger partial charge in [-0.25, -0.2) is 9.82 Å². The van der Waals surface area contributed by atoms with Gasteiger partial charge >= 0.3 is 0 Å². The zero-order valence-electron chi connectivity index (χ0n) is 14.1. The molecule has 0 saturated carbocycles. The van der Waals surface area contributed by atoms with Crippen molar-refractivity contribution in [2.75, 3.05) is 6.79 Å². The average molecular weight is 366 g/mol. The molecule has 1 aromatic heterocycles. The van der Waals surface area contributed by atoms with Crippen LogP contribution in [-0.4, -0.2) is 18.9 Å². The van der Waals surface area contributed by atoms with Crippen LogP contribution < -0.4 is 14.9 Å². The van der Waals surface area contributed by atoms with Crippen LogP contribution in [0.1, 0.15) is 11.3 Å². The van der Waals surface area contributed by atoms with Crippen LogP contribution in [-0.2, 0) is 11.2 Å². The summed E-state index contributed by atoms with van der Waals surface area (Å²) in [5, 5.41) is 3.90. The van der Waals surface area contributed by atoms with E-state index in [2.05, 4.69) is 10.5 Å². The molecule has 0 bridgehead atoms. The van der Waals surface area contributed by atoms with Gasteiger partial charge in [-0.05, 0) is 54.1 Å². The number of rotatable bonds is 5. The van der Waals surface area contributed by atoms with Crippen molar-refractivity contribution >= 4 is 12.1 Å². The summed E-state index contributed by atoms with van der Waals surface area (Å²) in [6.45, 7) is 0.193. The number of ether oxygens (including phenoxy) is 2. The van der Waals surface area contributed by atoms with Crippen LogP contribution in [0, 0.1) is 5.82 Å². The Morgan fingerprint density at radius 2 is 1.89 bits per heavy atom. The molecule has 1 N–H and O–H groups in total. The molecular formula is C20H15FN2O4. The van der Waals surface area contributed by atoms with Gasteiger partial charge in [0, 0.05) is 5.56 Å². The van der Waals surface area contributed by atoms with Crippen molar-refractivity contribution in [1.82, 2.24) is 5.43 Å². The van der Waals surface area contributed by atoms with E-state index in [0.717, 1.165) is 11.1 Å². The molecule has 0 fully saturated rings. The largest absolute Gasteiger partial charge is 0.455 e. The van der Waals surface area contributed by atoms with Gasteiger partial charge in [0.25, 0.3) is 0 Å². The third-order valence-corrected chi connectivity index (χ3v) is 3.94. The fourth-order valence-corrected chi connectivity index (χ4v) is 2.64. The molecule has 2 heterocycles. The standard InChI is InChI=1S/C20H15FN2O4/c21-15-4-2-14(3-5-15)17-8-6-16(27-17)11-22-23-20(24)10-13-1-7-18-19(9-13)26-12-25-18/h1-9,11H,10,12H2,(H,23,24)/b22-11+. The Morgan fingerprint density at radius 1 is 1.07 bits per heavy atom. The fraction of sp³-hybridized carbons (Fsp3) is 0.100. The van der Waals surface area contributed by atoms with Gasteiger partial charge in [0.15, 0.2) is 11.5 Å². The Morgan fingerprint density at radius 3 is 2.74 bits per heavy atom. The molecule has 0 saturated heterocycles. The van der Waals surface area contributed by atoms with Gasteiger partial charge in [-0.2, -0.15) is 5.10 Å². The molecule has 7 heteroatoms. The summed E-state index contributed by atoms with van der Waals surface area (Å²) in [7, 11) is 0. The minimum atomic E-state index is -0.308. The van der Waals surface area contributed by atoms with Gasteiger partial charge in [-0.3, -0.25) is 4.79 Å². The van der Waals surface area contributed by atoms with E-state index in [9.17, 15) is 9.18 Å². The van der Waals surface area contributed by atoms with Crippen molar-refractivity contribution < 1.29 is 23.1 Å². The highest BCUT2D eigenvalue weighted by Crippen LogP contribution is 2.32. The Labute approximate surface area is 154 Å². The molecule has 6 nitrogen and oxygen atoms in total. The van der Waals surface area contributed by atoms with Crippen molar-refractivity contribution in [2.45, 2.75) is 6.42 Å². The van der Waals surface area contributed by atoms with Gasteiger partial charge in [0.1, 0.15) is 17.3 Å². The molecule has 0 aliphatic carbocycles. The molecule has 27 heavy (non-hydrogen) atoms. The summed E-state index contributed by atoms with van der Waals surface area (Å²) >= 11 is 0. The van der Waals surface area contributed by atoms with Gasteiger partial charge in [-0.15, -0.1) is 0 Å². The molecule has 4 rings (SSSR count). The van der Waals surface area contributed by atoms with Gasteiger partial charge in [0.05, 0.1) is 12.6 Å². The number of furan rings is 1. The Bertz CT molecular complexity index is 995. The van der Waals surface area contributed by atoms with E-state index in [1.807, 2.05) is 0 Å². The first-order valence-electron chi connectivity index (χ1n) is 8.23. The smallest absolute Gasteiger partial charge is 0.244 e. The normalized spacial score (nSPS) is 12.5. The lowest BCUT2D eigenvalue weighted by molar-refractivity contribution is -0.120. The molecular weight excluding hydrogens is 351 g/mol. The van der Waals surface area contributed by atoms with Crippen molar-refractivity contribution in [2.24, 2.45) is 5.10 Å². The first kappa shape index (κ1) is 16.8. The van der Waals surface area contributed by atoms with E-state index in [1.165, 1.54) is 18.3 Å². The number of nitrogens with one attached hydrogen (secondary N) is 1. The Hall–Kier alpha value is -3.61. The molecule has 2 aromatic carbocycles. The molecule has 1 aliphatic rings. The number of carbonyl (C=O) groups excluding carboxylic acids is 1. The summed E-state index contributed by atoms with van der Waals surface area (Å²) in [6, 6.07) is 14.8. The third kappa shape index (κ3) is 3.98. The molecule has 0 atom stereocenters. The maximum absolute atomic E-state index is 13.0. The molecule has 1 aliphatic heterocycles. The monoisotopic (exact) mass is 366 g/mol. The summed E-state index contributed by atoms with van der Waals surface area (Å²) in [4.78, 5) is 12.0. The van der Waals surface area contributed by atoms with E-state index in [1.54, 1.807) is 42.5 Å². The number of benzene rings is 2. The quantitative estimate of drug-likeness (QED) is 0.554. The van der Waals surface area contributed by atoms with Crippen molar-refractivity contribution in [3.05, 3.63) is 71.7 Å². The number of fused-ring (bicyclic) bond motifs is 1. The number of hydrazone groups is 1. The SMILES string of the molecule is O=C(Cc1ccc2c(c1)OCO2)N/N=C/c1ccc(-c2ccc(F)cc2)o1. The van der Waals surface area contributed by atoms with E-state index in [-0.39, 0.29) is 24.9 Å². The number of carbonyl (C=O) groups is 1. The first-order chi connectivity index (χ1) is 13.2. The van der Waals surface area contributed by atoms with Crippen LogP contribution in [0.3, 0.4) is 0 Å². The second-order valence-electron chi connectivity index (χ2n) is 5.87.